The first-order valence-corrected chi connectivity index (χ1v) is 7.46. The Labute approximate surface area is 144 Å². The Bertz CT molecular complexity index is 879. The predicted octanol–water partition coefficient (Wildman–Crippen LogP) is 3.19. The normalized spacial score (nSPS) is 10.5. The molecule has 3 aromatic rings. The fourth-order valence-corrected chi connectivity index (χ4v) is 2.71. The van der Waals surface area contributed by atoms with Crippen LogP contribution in [0.25, 0.3) is 22.4 Å². The molecule has 1 aromatic heterocycles. The standard InChI is InChI=1S/C18H18N2O5/c1-23-15-8-12(9-16(24-2)18(15)25-3)17-14(10-19-20(17)22)11-5-4-6-13(21)7-11/h4-10,21-22H,1-3H3. The molecule has 0 aliphatic carbocycles. The van der Waals surface area contributed by atoms with E-state index in [9.17, 15) is 10.3 Å². The Hall–Kier alpha value is -3.35. The van der Waals surface area contributed by atoms with Crippen molar-refractivity contribution in [1.29, 1.82) is 0 Å². The molecular formula is C18H18N2O5. The number of phenolic OH excluding ortho intramolecular Hbond substituents is 1. The van der Waals surface area contributed by atoms with Crippen molar-refractivity contribution in [2.45, 2.75) is 0 Å². The number of benzene rings is 2. The predicted molar refractivity (Wildman–Crippen MR) is 91.6 cm³/mol. The molecular weight excluding hydrogens is 324 g/mol. The third-order valence-electron chi connectivity index (χ3n) is 3.85. The molecule has 0 aliphatic rings. The van der Waals surface area contributed by atoms with E-state index in [1.807, 2.05) is 6.07 Å². The molecule has 0 radical (unpaired) electrons. The summed E-state index contributed by atoms with van der Waals surface area (Å²) in [7, 11) is 4.56. The van der Waals surface area contributed by atoms with Crippen LogP contribution in [0.4, 0.5) is 0 Å². The second-order valence-electron chi connectivity index (χ2n) is 5.26. The third-order valence-corrected chi connectivity index (χ3v) is 3.85. The largest absolute Gasteiger partial charge is 0.508 e. The van der Waals surface area contributed by atoms with Crippen LogP contribution in [0.3, 0.4) is 0 Å². The first-order valence-electron chi connectivity index (χ1n) is 7.46. The van der Waals surface area contributed by atoms with Gasteiger partial charge in [0, 0.05) is 11.1 Å². The van der Waals surface area contributed by atoms with Crippen LogP contribution in [-0.2, 0) is 0 Å². The van der Waals surface area contributed by atoms with E-state index in [2.05, 4.69) is 5.10 Å². The summed E-state index contributed by atoms with van der Waals surface area (Å²) in [6.07, 6.45) is 1.52. The molecule has 1 heterocycles. The zero-order valence-corrected chi connectivity index (χ0v) is 14.1. The number of methoxy groups -OCH3 is 3. The van der Waals surface area contributed by atoms with Crippen LogP contribution in [0.15, 0.2) is 42.6 Å². The smallest absolute Gasteiger partial charge is 0.203 e. The minimum atomic E-state index is 0.124. The first kappa shape index (κ1) is 16.5. The van der Waals surface area contributed by atoms with E-state index >= 15 is 0 Å². The number of aromatic nitrogens is 2. The summed E-state index contributed by atoms with van der Waals surface area (Å²) in [6, 6.07) is 10.1. The van der Waals surface area contributed by atoms with Gasteiger partial charge in [0.25, 0.3) is 0 Å². The van der Waals surface area contributed by atoms with Gasteiger partial charge in [-0.15, -0.1) is 9.94 Å². The molecule has 0 amide bonds. The molecule has 7 heteroatoms. The molecule has 25 heavy (non-hydrogen) atoms. The summed E-state index contributed by atoms with van der Waals surface area (Å²) in [5.74, 6) is 1.50. The molecule has 0 bridgehead atoms. The second kappa shape index (κ2) is 6.64. The Morgan fingerprint density at radius 2 is 1.60 bits per heavy atom. The fourth-order valence-electron chi connectivity index (χ4n) is 2.71. The van der Waals surface area contributed by atoms with Gasteiger partial charge < -0.3 is 24.5 Å². The van der Waals surface area contributed by atoms with Gasteiger partial charge in [-0.25, -0.2) is 0 Å². The maximum absolute atomic E-state index is 10.2. The number of nitrogens with zero attached hydrogens (tertiary/aromatic N) is 2. The zero-order chi connectivity index (χ0) is 18.0. The van der Waals surface area contributed by atoms with Gasteiger partial charge in [-0.1, -0.05) is 12.1 Å². The Kier molecular flexibility index (Phi) is 4.38. The van der Waals surface area contributed by atoms with Crippen molar-refractivity contribution in [3.05, 3.63) is 42.6 Å². The van der Waals surface area contributed by atoms with Gasteiger partial charge in [0.2, 0.25) is 5.75 Å². The molecule has 3 rings (SSSR count). The maximum Gasteiger partial charge on any atom is 0.203 e. The highest BCUT2D eigenvalue weighted by atomic mass is 16.5. The van der Waals surface area contributed by atoms with E-state index < -0.39 is 0 Å². The van der Waals surface area contributed by atoms with Gasteiger partial charge in [0.15, 0.2) is 11.5 Å². The maximum atomic E-state index is 10.2. The molecule has 0 fully saturated rings. The number of phenols is 1. The first-order chi connectivity index (χ1) is 12.1. The number of ether oxygens (including phenoxy) is 3. The van der Waals surface area contributed by atoms with Gasteiger partial charge in [0.1, 0.15) is 11.4 Å². The van der Waals surface area contributed by atoms with Crippen LogP contribution in [0, 0.1) is 0 Å². The van der Waals surface area contributed by atoms with E-state index in [0.717, 1.165) is 4.85 Å². The molecule has 130 valence electrons. The summed E-state index contributed by atoms with van der Waals surface area (Å²) >= 11 is 0. The number of hydrogen-bond acceptors (Lipinski definition) is 6. The van der Waals surface area contributed by atoms with Gasteiger partial charge in [0.05, 0.1) is 27.5 Å². The van der Waals surface area contributed by atoms with Crippen molar-refractivity contribution >= 4 is 0 Å². The molecule has 0 saturated carbocycles. The van der Waals surface area contributed by atoms with Crippen molar-refractivity contribution in [2.24, 2.45) is 0 Å². The van der Waals surface area contributed by atoms with Crippen LogP contribution in [0.5, 0.6) is 23.0 Å². The van der Waals surface area contributed by atoms with Crippen LogP contribution in [-0.4, -0.2) is 41.6 Å². The Morgan fingerprint density at radius 3 is 2.16 bits per heavy atom. The van der Waals surface area contributed by atoms with Crippen molar-refractivity contribution < 1.29 is 24.5 Å². The van der Waals surface area contributed by atoms with Crippen molar-refractivity contribution in [2.75, 3.05) is 21.3 Å². The number of hydrogen-bond donors (Lipinski definition) is 2. The lowest BCUT2D eigenvalue weighted by Gasteiger charge is -2.14. The van der Waals surface area contributed by atoms with Crippen LogP contribution >= 0.6 is 0 Å². The molecule has 0 aliphatic heterocycles. The lowest BCUT2D eigenvalue weighted by Crippen LogP contribution is -1.99. The molecule has 7 nitrogen and oxygen atoms in total. The highest BCUT2D eigenvalue weighted by Gasteiger charge is 2.20. The zero-order valence-electron chi connectivity index (χ0n) is 14.1. The van der Waals surface area contributed by atoms with Crippen LogP contribution in [0.2, 0.25) is 0 Å². The summed E-state index contributed by atoms with van der Waals surface area (Å²) in [5, 5.41) is 23.9. The lowest BCUT2D eigenvalue weighted by molar-refractivity contribution is 0.153. The Balaban J connectivity index is 2.22. The highest BCUT2D eigenvalue weighted by molar-refractivity contribution is 5.83. The van der Waals surface area contributed by atoms with Gasteiger partial charge in [-0.3, -0.25) is 0 Å². The molecule has 0 spiro atoms. The Morgan fingerprint density at radius 1 is 0.920 bits per heavy atom. The van der Waals surface area contributed by atoms with Crippen LogP contribution in [0.1, 0.15) is 0 Å². The topological polar surface area (TPSA) is 86.0 Å². The fraction of sp³-hybridized carbons (Fsp3) is 0.167. The van der Waals surface area contributed by atoms with Crippen LogP contribution < -0.4 is 14.2 Å². The van der Waals surface area contributed by atoms with E-state index in [4.69, 9.17) is 14.2 Å². The lowest BCUT2D eigenvalue weighted by atomic mass is 10.0. The summed E-state index contributed by atoms with van der Waals surface area (Å²) in [4.78, 5) is 0.778. The van der Waals surface area contributed by atoms with Gasteiger partial charge >= 0.3 is 0 Å². The quantitative estimate of drug-likeness (QED) is 0.693. The monoisotopic (exact) mass is 342 g/mol. The van der Waals surface area contributed by atoms with Crippen molar-refractivity contribution in [3.8, 4) is 45.4 Å². The summed E-state index contributed by atoms with van der Waals surface area (Å²) in [5.41, 5.74) is 2.41. The minimum Gasteiger partial charge on any atom is -0.508 e. The number of rotatable bonds is 5. The average molecular weight is 342 g/mol. The summed E-state index contributed by atoms with van der Waals surface area (Å²) in [6.45, 7) is 0. The van der Waals surface area contributed by atoms with Gasteiger partial charge in [-0.2, -0.15) is 0 Å². The average Bonchev–Trinajstić information content (AvgIpc) is 3.01. The summed E-state index contributed by atoms with van der Waals surface area (Å²) < 4.78 is 16.1. The molecule has 0 atom stereocenters. The SMILES string of the molecule is COc1cc(-c2c(-c3cccc(O)c3)cnn2O)cc(OC)c1OC. The molecule has 0 unspecified atom stereocenters. The second-order valence-corrected chi connectivity index (χ2v) is 5.26. The molecule has 2 aromatic carbocycles. The molecule has 0 saturated heterocycles. The van der Waals surface area contributed by atoms with Gasteiger partial charge in [-0.05, 0) is 29.8 Å². The highest BCUT2D eigenvalue weighted by Crippen LogP contribution is 2.43. The van der Waals surface area contributed by atoms with Crippen molar-refractivity contribution in [3.63, 3.8) is 0 Å². The minimum absolute atomic E-state index is 0.124. The van der Waals surface area contributed by atoms with E-state index in [-0.39, 0.29) is 5.75 Å². The molecule has 2 N–H and O–H groups in total. The van der Waals surface area contributed by atoms with Crippen molar-refractivity contribution in [1.82, 2.24) is 9.94 Å². The van der Waals surface area contributed by atoms with E-state index in [1.54, 1.807) is 30.3 Å². The van der Waals surface area contributed by atoms with E-state index in [0.29, 0.717) is 39.6 Å². The number of aromatic hydroxyl groups is 1. The van der Waals surface area contributed by atoms with E-state index in [1.165, 1.54) is 27.5 Å². The third kappa shape index (κ3) is 2.91.